The van der Waals surface area contributed by atoms with Crippen molar-refractivity contribution in [2.45, 2.75) is 26.3 Å². The van der Waals surface area contributed by atoms with Gasteiger partial charge in [-0.1, -0.05) is 25.1 Å². The van der Waals surface area contributed by atoms with Gasteiger partial charge in [0.15, 0.2) is 0 Å². The lowest BCUT2D eigenvalue weighted by Crippen LogP contribution is -2.29. The lowest BCUT2D eigenvalue weighted by atomic mass is 10.1. The summed E-state index contributed by atoms with van der Waals surface area (Å²) in [5, 5.41) is 4.23. The zero-order valence-corrected chi connectivity index (χ0v) is 10.6. The summed E-state index contributed by atoms with van der Waals surface area (Å²) in [6.07, 6.45) is 4.40. The van der Waals surface area contributed by atoms with Crippen molar-refractivity contribution < 1.29 is 4.79 Å². The van der Waals surface area contributed by atoms with Gasteiger partial charge in [0.25, 0.3) is 0 Å². The molecule has 1 fully saturated rings. The molecule has 1 aliphatic carbocycles. The first-order valence-electron chi connectivity index (χ1n) is 6.58. The molecule has 0 saturated heterocycles. The Labute approximate surface area is 107 Å². The highest BCUT2D eigenvalue weighted by atomic mass is 16.1. The molecular formula is C15H18N2O. The molecule has 1 heterocycles. The van der Waals surface area contributed by atoms with Gasteiger partial charge in [-0.05, 0) is 30.4 Å². The van der Waals surface area contributed by atoms with Crippen LogP contribution in [0.1, 0.15) is 25.3 Å². The molecular weight excluding hydrogens is 224 g/mol. The van der Waals surface area contributed by atoms with Crippen molar-refractivity contribution in [3.63, 3.8) is 0 Å². The molecule has 3 nitrogen and oxygen atoms in total. The van der Waals surface area contributed by atoms with E-state index in [2.05, 4.69) is 16.4 Å². The fraction of sp³-hybridized carbons (Fsp3) is 0.400. The Morgan fingerprint density at radius 3 is 3.00 bits per heavy atom. The van der Waals surface area contributed by atoms with Crippen LogP contribution in [0.3, 0.4) is 0 Å². The van der Waals surface area contributed by atoms with Crippen LogP contribution in [0.4, 0.5) is 0 Å². The molecule has 1 atom stereocenters. The van der Waals surface area contributed by atoms with Gasteiger partial charge in [0, 0.05) is 29.6 Å². The molecule has 94 valence electrons. The lowest BCUT2D eigenvalue weighted by molar-refractivity contribution is -0.125. The van der Waals surface area contributed by atoms with Crippen molar-refractivity contribution in [2.75, 3.05) is 0 Å². The Balaban J connectivity index is 1.67. The van der Waals surface area contributed by atoms with E-state index >= 15 is 0 Å². The van der Waals surface area contributed by atoms with E-state index in [-0.39, 0.29) is 11.8 Å². The summed E-state index contributed by atoms with van der Waals surface area (Å²) in [6.45, 7) is 2.64. The number of fused-ring (bicyclic) bond motifs is 1. The van der Waals surface area contributed by atoms with Gasteiger partial charge in [-0.3, -0.25) is 4.79 Å². The maximum atomic E-state index is 11.9. The molecule has 3 rings (SSSR count). The molecule has 1 amide bonds. The first-order chi connectivity index (χ1) is 8.75. The molecule has 0 radical (unpaired) electrons. The number of para-hydroxylation sites is 1. The van der Waals surface area contributed by atoms with E-state index < -0.39 is 0 Å². The predicted molar refractivity (Wildman–Crippen MR) is 72.0 cm³/mol. The van der Waals surface area contributed by atoms with Crippen LogP contribution in [-0.2, 0) is 11.3 Å². The van der Waals surface area contributed by atoms with Crippen LogP contribution in [0.15, 0.2) is 30.5 Å². The summed E-state index contributed by atoms with van der Waals surface area (Å²) >= 11 is 0. The maximum Gasteiger partial charge on any atom is 0.223 e. The first-order valence-corrected chi connectivity index (χ1v) is 6.58. The average molecular weight is 242 g/mol. The number of aromatic nitrogens is 1. The standard InChI is InChI=1S/C15H18N2O/c1-10(11-6-7-11)15(18)17-9-12-8-16-14-5-3-2-4-13(12)14/h2-5,8,10-11,16H,6-7,9H2,1H3,(H,17,18). The molecule has 1 aromatic heterocycles. The number of H-pyrrole nitrogens is 1. The van der Waals surface area contributed by atoms with E-state index in [4.69, 9.17) is 0 Å². The van der Waals surface area contributed by atoms with E-state index in [9.17, 15) is 4.79 Å². The number of amides is 1. The number of hydrogen-bond donors (Lipinski definition) is 2. The molecule has 18 heavy (non-hydrogen) atoms. The van der Waals surface area contributed by atoms with Crippen LogP contribution in [0.5, 0.6) is 0 Å². The zero-order chi connectivity index (χ0) is 12.5. The molecule has 1 unspecified atom stereocenters. The number of benzene rings is 1. The van der Waals surface area contributed by atoms with Crippen LogP contribution in [0, 0.1) is 11.8 Å². The average Bonchev–Trinajstić information content (AvgIpc) is 3.16. The van der Waals surface area contributed by atoms with Gasteiger partial charge in [0.1, 0.15) is 0 Å². The summed E-state index contributed by atoms with van der Waals surface area (Å²) < 4.78 is 0. The smallest absolute Gasteiger partial charge is 0.223 e. The Morgan fingerprint density at radius 1 is 1.44 bits per heavy atom. The summed E-state index contributed by atoms with van der Waals surface area (Å²) in [4.78, 5) is 15.2. The summed E-state index contributed by atoms with van der Waals surface area (Å²) in [7, 11) is 0. The first kappa shape index (κ1) is 11.3. The predicted octanol–water partition coefficient (Wildman–Crippen LogP) is 2.83. The highest BCUT2D eigenvalue weighted by Crippen LogP contribution is 2.36. The van der Waals surface area contributed by atoms with E-state index in [0.29, 0.717) is 12.5 Å². The minimum absolute atomic E-state index is 0.162. The van der Waals surface area contributed by atoms with E-state index in [1.54, 1.807) is 0 Å². The Kier molecular flexibility index (Phi) is 2.82. The molecule has 3 heteroatoms. The third-order valence-electron chi connectivity index (χ3n) is 3.87. The largest absolute Gasteiger partial charge is 0.361 e. The van der Waals surface area contributed by atoms with Crippen molar-refractivity contribution in [3.05, 3.63) is 36.0 Å². The quantitative estimate of drug-likeness (QED) is 0.850. The van der Waals surface area contributed by atoms with Crippen LogP contribution in [0.25, 0.3) is 10.9 Å². The number of carbonyl (C=O) groups is 1. The van der Waals surface area contributed by atoms with Crippen molar-refractivity contribution in [2.24, 2.45) is 11.8 Å². The van der Waals surface area contributed by atoms with Gasteiger partial charge in [-0.25, -0.2) is 0 Å². The molecule has 0 bridgehead atoms. The van der Waals surface area contributed by atoms with Gasteiger partial charge in [0.2, 0.25) is 5.91 Å². The molecule has 2 aromatic rings. The molecule has 1 aromatic carbocycles. The van der Waals surface area contributed by atoms with Gasteiger partial charge in [0.05, 0.1) is 0 Å². The third-order valence-corrected chi connectivity index (χ3v) is 3.87. The van der Waals surface area contributed by atoms with Gasteiger partial charge < -0.3 is 10.3 Å². The van der Waals surface area contributed by atoms with E-state index in [1.165, 1.54) is 18.2 Å². The van der Waals surface area contributed by atoms with Crippen LogP contribution < -0.4 is 5.32 Å². The summed E-state index contributed by atoms with van der Waals surface area (Å²) in [6, 6.07) is 8.16. The molecule has 0 spiro atoms. The molecule has 1 aliphatic rings. The zero-order valence-electron chi connectivity index (χ0n) is 10.6. The second kappa shape index (κ2) is 4.48. The monoisotopic (exact) mass is 242 g/mol. The number of nitrogens with one attached hydrogen (secondary N) is 2. The van der Waals surface area contributed by atoms with Crippen LogP contribution in [-0.4, -0.2) is 10.9 Å². The van der Waals surface area contributed by atoms with Crippen molar-refractivity contribution in [1.29, 1.82) is 0 Å². The molecule has 0 aliphatic heterocycles. The van der Waals surface area contributed by atoms with Gasteiger partial charge in [-0.2, -0.15) is 0 Å². The van der Waals surface area contributed by atoms with E-state index in [0.717, 1.165) is 11.1 Å². The molecule has 1 saturated carbocycles. The fourth-order valence-electron chi connectivity index (χ4n) is 2.43. The second-order valence-electron chi connectivity index (χ2n) is 5.20. The highest BCUT2D eigenvalue weighted by molar-refractivity contribution is 5.84. The van der Waals surface area contributed by atoms with E-state index in [1.807, 2.05) is 31.3 Å². The number of rotatable bonds is 4. The molecule has 2 N–H and O–H groups in total. The Bertz CT molecular complexity index is 569. The SMILES string of the molecule is CC(C(=O)NCc1c[nH]c2ccccc12)C1CC1. The van der Waals surface area contributed by atoms with Crippen molar-refractivity contribution in [1.82, 2.24) is 10.3 Å². The fourth-order valence-corrected chi connectivity index (χ4v) is 2.43. The van der Waals surface area contributed by atoms with Gasteiger partial charge >= 0.3 is 0 Å². The summed E-state index contributed by atoms with van der Waals surface area (Å²) in [5.41, 5.74) is 2.28. The lowest BCUT2D eigenvalue weighted by Gasteiger charge is -2.10. The van der Waals surface area contributed by atoms with Crippen molar-refractivity contribution >= 4 is 16.8 Å². The Hall–Kier alpha value is -1.77. The maximum absolute atomic E-state index is 11.9. The highest BCUT2D eigenvalue weighted by Gasteiger charge is 2.32. The minimum atomic E-state index is 0.162. The number of carbonyl (C=O) groups excluding carboxylic acids is 1. The topological polar surface area (TPSA) is 44.9 Å². The van der Waals surface area contributed by atoms with Crippen LogP contribution in [0.2, 0.25) is 0 Å². The summed E-state index contributed by atoms with van der Waals surface area (Å²) in [5.74, 6) is 0.964. The number of hydrogen-bond acceptors (Lipinski definition) is 1. The van der Waals surface area contributed by atoms with Crippen molar-refractivity contribution in [3.8, 4) is 0 Å². The number of aromatic amines is 1. The normalized spacial score (nSPS) is 16.7. The Morgan fingerprint density at radius 2 is 2.22 bits per heavy atom. The second-order valence-corrected chi connectivity index (χ2v) is 5.20. The minimum Gasteiger partial charge on any atom is -0.361 e. The van der Waals surface area contributed by atoms with Crippen LogP contribution >= 0.6 is 0 Å². The van der Waals surface area contributed by atoms with Gasteiger partial charge in [-0.15, -0.1) is 0 Å². The third kappa shape index (κ3) is 2.13.